The number of hydrogen-bond acceptors (Lipinski definition) is 5. The van der Waals surface area contributed by atoms with Crippen LogP contribution >= 0.6 is 0 Å². The molecule has 0 saturated carbocycles. The molecule has 0 fully saturated rings. The second-order valence-corrected chi connectivity index (χ2v) is 1.90. The van der Waals surface area contributed by atoms with E-state index in [-0.39, 0.29) is 0 Å². The standard InChI is InChI=1S/C6H8N2O3/c1-10-6(9)5(7)4-2-8-3-11-4/h2-3,5H,7H2,1H3/t5-/m0/s1. The molecule has 5 heteroatoms. The van der Waals surface area contributed by atoms with Gasteiger partial charge in [-0.25, -0.2) is 9.78 Å². The van der Waals surface area contributed by atoms with E-state index in [0.717, 1.165) is 0 Å². The van der Waals surface area contributed by atoms with Crippen molar-refractivity contribution in [3.05, 3.63) is 18.4 Å². The lowest BCUT2D eigenvalue weighted by Crippen LogP contribution is -2.21. The second-order valence-electron chi connectivity index (χ2n) is 1.90. The van der Waals surface area contributed by atoms with Crippen molar-refractivity contribution in [3.63, 3.8) is 0 Å². The van der Waals surface area contributed by atoms with Crippen molar-refractivity contribution in [1.29, 1.82) is 0 Å². The minimum atomic E-state index is -0.873. The third-order valence-corrected chi connectivity index (χ3v) is 1.21. The first kappa shape index (κ1) is 7.74. The summed E-state index contributed by atoms with van der Waals surface area (Å²) in [6.07, 6.45) is 2.58. The first-order valence-electron chi connectivity index (χ1n) is 2.97. The summed E-state index contributed by atoms with van der Waals surface area (Å²) in [5.41, 5.74) is 5.39. The predicted molar refractivity (Wildman–Crippen MR) is 35.4 cm³/mol. The van der Waals surface area contributed by atoms with E-state index in [4.69, 9.17) is 10.2 Å². The van der Waals surface area contributed by atoms with Crippen LogP contribution < -0.4 is 5.73 Å². The summed E-state index contributed by atoms with van der Waals surface area (Å²) in [4.78, 5) is 14.4. The Bertz CT molecular complexity index is 232. The van der Waals surface area contributed by atoms with E-state index in [1.54, 1.807) is 0 Å². The number of oxazole rings is 1. The van der Waals surface area contributed by atoms with E-state index >= 15 is 0 Å². The molecule has 60 valence electrons. The maximum atomic E-state index is 10.8. The Morgan fingerprint density at radius 3 is 3.09 bits per heavy atom. The zero-order valence-electron chi connectivity index (χ0n) is 5.98. The molecule has 2 N–H and O–H groups in total. The lowest BCUT2D eigenvalue weighted by molar-refractivity contribution is -0.142. The van der Waals surface area contributed by atoms with E-state index in [0.29, 0.717) is 5.76 Å². The van der Waals surface area contributed by atoms with Gasteiger partial charge in [0.25, 0.3) is 0 Å². The number of aromatic nitrogens is 1. The smallest absolute Gasteiger partial charge is 0.330 e. The average Bonchev–Trinajstić information content (AvgIpc) is 2.53. The number of methoxy groups -OCH3 is 1. The molecule has 0 spiro atoms. The van der Waals surface area contributed by atoms with Crippen LogP contribution in [0.4, 0.5) is 0 Å². The summed E-state index contributed by atoms with van der Waals surface area (Å²) in [5, 5.41) is 0. The topological polar surface area (TPSA) is 78.4 Å². The number of carbonyl (C=O) groups is 1. The SMILES string of the molecule is COC(=O)[C@@H](N)c1cnco1. The summed E-state index contributed by atoms with van der Waals surface area (Å²) in [5.74, 6) is -0.237. The van der Waals surface area contributed by atoms with Crippen LogP contribution in [-0.2, 0) is 9.53 Å². The Morgan fingerprint density at radius 1 is 1.91 bits per heavy atom. The quantitative estimate of drug-likeness (QED) is 0.602. The third kappa shape index (κ3) is 1.56. The van der Waals surface area contributed by atoms with Crippen LogP contribution in [0.25, 0.3) is 0 Å². The van der Waals surface area contributed by atoms with Crippen LogP contribution in [0, 0.1) is 0 Å². The molecule has 0 saturated heterocycles. The average molecular weight is 156 g/mol. The van der Waals surface area contributed by atoms with Gasteiger partial charge >= 0.3 is 5.97 Å². The highest BCUT2D eigenvalue weighted by Crippen LogP contribution is 2.09. The Labute approximate surface area is 63.2 Å². The minimum Gasteiger partial charge on any atom is -0.468 e. The molecule has 0 amide bonds. The number of nitrogens with zero attached hydrogens (tertiary/aromatic N) is 1. The van der Waals surface area contributed by atoms with Gasteiger partial charge in [0, 0.05) is 0 Å². The van der Waals surface area contributed by atoms with Crippen molar-refractivity contribution in [2.45, 2.75) is 6.04 Å². The molecule has 11 heavy (non-hydrogen) atoms. The molecule has 1 aromatic heterocycles. The molecule has 0 unspecified atom stereocenters. The minimum absolute atomic E-state index is 0.303. The summed E-state index contributed by atoms with van der Waals surface area (Å²) in [6, 6.07) is -0.873. The largest absolute Gasteiger partial charge is 0.468 e. The first-order valence-corrected chi connectivity index (χ1v) is 2.97. The Kier molecular flexibility index (Phi) is 2.22. The Balaban J connectivity index is 2.70. The van der Waals surface area contributed by atoms with Crippen molar-refractivity contribution >= 4 is 5.97 Å². The van der Waals surface area contributed by atoms with Crippen LogP contribution in [0.5, 0.6) is 0 Å². The third-order valence-electron chi connectivity index (χ3n) is 1.21. The molecular weight excluding hydrogens is 148 g/mol. The summed E-state index contributed by atoms with van der Waals surface area (Å²) < 4.78 is 9.17. The number of nitrogens with two attached hydrogens (primary N) is 1. The summed E-state index contributed by atoms with van der Waals surface area (Å²) >= 11 is 0. The molecular formula is C6H8N2O3. The molecule has 0 aromatic carbocycles. The van der Waals surface area contributed by atoms with Crippen LogP contribution in [0.15, 0.2) is 17.0 Å². The van der Waals surface area contributed by atoms with Crippen molar-refractivity contribution in [3.8, 4) is 0 Å². The maximum absolute atomic E-state index is 10.8. The van der Waals surface area contributed by atoms with Gasteiger partial charge < -0.3 is 14.9 Å². The number of ether oxygens (including phenoxy) is 1. The highest BCUT2D eigenvalue weighted by molar-refractivity contribution is 5.76. The monoisotopic (exact) mass is 156 g/mol. The molecule has 0 aliphatic rings. The van der Waals surface area contributed by atoms with Crippen molar-refractivity contribution in [2.24, 2.45) is 5.73 Å². The zero-order valence-corrected chi connectivity index (χ0v) is 5.98. The molecule has 0 aliphatic carbocycles. The van der Waals surface area contributed by atoms with Crippen molar-refractivity contribution < 1.29 is 13.9 Å². The van der Waals surface area contributed by atoms with Gasteiger partial charge in [-0.1, -0.05) is 0 Å². The fourth-order valence-electron chi connectivity index (χ4n) is 0.622. The fourth-order valence-corrected chi connectivity index (χ4v) is 0.622. The number of hydrogen-bond donors (Lipinski definition) is 1. The van der Waals surface area contributed by atoms with Gasteiger partial charge in [-0.05, 0) is 0 Å². The van der Waals surface area contributed by atoms with E-state index < -0.39 is 12.0 Å². The van der Waals surface area contributed by atoms with E-state index in [9.17, 15) is 4.79 Å². The highest BCUT2D eigenvalue weighted by Gasteiger charge is 2.18. The number of carbonyl (C=O) groups excluding carboxylic acids is 1. The van der Waals surface area contributed by atoms with Crippen LogP contribution in [-0.4, -0.2) is 18.1 Å². The number of rotatable bonds is 2. The van der Waals surface area contributed by atoms with Gasteiger partial charge in [-0.15, -0.1) is 0 Å². The van der Waals surface area contributed by atoms with Gasteiger partial charge in [-0.2, -0.15) is 0 Å². The van der Waals surface area contributed by atoms with Crippen LogP contribution in [0.3, 0.4) is 0 Å². The molecule has 5 nitrogen and oxygen atoms in total. The molecule has 1 aromatic rings. The lowest BCUT2D eigenvalue weighted by atomic mass is 10.3. The van der Waals surface area contributed by atoms with Crippen LogP contribution in [0.2, 0.25) is 0 Å². The fraction of sp³-hybridized carbons (Fsp3) is 0.333. The molecule has 0 bridgehead atoms. The normalized spacial score (nSPS) is 12.5. The molecule has 1 atom stereocenters. The van der Waals surface area contributed by atoms with E-state index in [1.165, 1.54) is 19.7 Å². The van der Waals surface area contributed by atoms with Crippen molar-refractivity contribution in [2.75, 3.05) is 7.11 Å². The zero-order chi connectivity index (χ0) is 8.27. The maximum Gasteiger partial charge on any atom is 0.330 e. The number of esters is 1. The van der Waals surface area contributed by atoms with Gasteiger partial charge in [0.1, 0.15) is 0 Å². The lowest BCUT2D eigenvalue weighted by Gasteiger charge is -2.03. The first-order chi connectivity index (χ1) is 5.25. The van der Waals surface area contributed by atoms with Gasteiger partial charge in [0.05, 0.1) is 13.3 Å². The summed E-state index contributed by atoms with van der Waals surface area (Å²) in [7, 11) is 1.26. The second kappa shape index (κ2) is 3.16. The highest BCUT2D eigenvalue weighted by atomic mass is 16.5. The molecule has 0 aliphatic heterocycles. The molecule has 1 rings (SSSR count). The van der Waals surface area contributed by atoms with Crippen LogP contribution in [0.1, 0.15) is 11.8 Å². The summed E-state index contributed by atoms with van der Waals surface area (Å²) in [6.45, 7) is 0. The Hall–Kier alpha value is -1.36. The van der Waals surface area contributed by atoms with Gasteiger partial charge in [0.2, 0.25) is 0 Å². The van der Waals surface area contributed by atoms with Crippen molar-refractivity contribution in [1.82, 2.24) is 4.98 Å². The predicted octanol–water partition coefficient (Wildman–Crippen LogP) is -0.153. The van der Waals surface area contributed by atoms with Gasteiger partial charge in [0.15, 0.2) is 18.2 Å². The molecule has 1 heterocycles. The van der Waals surface area contributed by atoms with E-state index in [2.05, 4.69) is 9.72 Å². The molecule has 0 radical (unpaired) electrons. The van der Waals surface area contributed by atoms with E-state index in [1.807, 2.05) is 0 Å². The Morgan fingerprint density at radius 2 is 2.64 bits per heavy atom. The van der Waals surface area contributed by atoms with Gasteiger partial charge in [-0.3, -0.25) is 0 Å².